The van der Waals surface area contributed by atoms with Crippen molar-refractivity contribution in [1.29, 1.82) is 0 Å². The first-order valence-corrected chi connectivity index (χ1v) is 11.4. The molecule has 0 aliphatic carbocycles. The van der Waals surface area contributed by atoms with Crippen LogP contribution in [0.15, 0.2) is 70.7 Å². The molecule has 2 aromatic rings. The van der Waals surface area contributed by atoms with Gasteiger partial charge in [0.1, 0.15) is 5.84 Å². The van der Waals surface area contributed by atoms with E-state index in [4.69, 9.17) is 11.6 Å². The van der Waals surface area contributed by atoms with Crippen molar-refractivity contribution in [3.05, 3.63) is 82.3 Å². The summed E-state index contributed by atoms with van der Waals surface area (Å²) in [6.07, 6.45) is 7.61. The minimum atomic E-state index is -0.433. The molecule has 0 aromatic heterocycles. The lowest BCUT2D eigenvalue weighted by atomic mass is 10.1. The van der Waals surface area contributed by atoms with Crippen molar-refractivity contribution in [2.24, 2.45) is 16.7 Å². The highest BCUT2D eigenvalue weighted by Crippen LogP contribution is 2.19. The lowest BCUT2D eigenvalue weighted by molar-refractivity contribution is -0.134. The summed E-state index contributed by atoms with van der Waals surface area (Å²) in [7, 11) is 0. The highest BCUT2D eigenvalue weighted by molar-refractivity contribution is 8.03. The molecule has 33 heavy (non-hydrogen) atoms. The van der Waals surface area contributed by atoms with Crippen LogP contribution in [0.5, 0.6) is 0 Å². The molecule has 5 N–H and O–H groups in total. The smallest absolute Gasteiger partial charge is 0.266 e. The molecule has 0 unspecified atom stereocenters. The Kier molecular flexibility index (Phi) is 9.91. The number of anilines is 1. The maximum absolute atomic E-state index is 12.8. The highest BCUT2D eigenvalue weighted by Gasteiger charge is 2.16. The number of nitrogens with one attached hydrogen (secondary N) is 1. The molecule has 172 valence electrons. The van der Waals surface area contributed by atoms with Gasteiger partial charge in [0.25, 0.3) is 5.91 Å². The molecule has 0 saturated heterocycles. The number of nitrogens with zero attached hydrogens (tertiary/aromatic N) is 2. The SMILES string of the molecule is CCc1ccc(/C=C(\SC)C(=O)N(C=O)C/C=C/C(=O)Nc2ccc(/C(N)=N/N)cc2)cc1. The molecule has 2 rings (SSSR count). The number of aryl methyl sites for hydroxylation is 1. The number of rotatable bonds is 10. The number of amidine groups is 1. The third kappa shape index (κ3) is 7.65. The number of hydrazone groups is 1. The summed E-state index contributed by atoms with van der Waals surface area (Å²) in [5.41, 5.74) is 8.87. The van der Waals surface area contributed by atoms with Crippen LogP contribution in [0.4, 0.5) is 5.69 Å². The van der Waals surface area contributed by atoms with Crippen LogP contribution in [0, 0.1) is 0 Å². The van der Waals surface area contributed by atoms with Gasteiger partial charge in [0.15, 0.2) is 0 Å². The molecule has 0 aliphatic heterocycles. The Morgan fingerprint density at radius 3 is 2.33 bits per heavy atom. The third-order valence-electron chi connectivity index (χ3n) is 4.66. The average molecular weight is 466 g/mol. The fourth-order valence-corrected chi connectivity index (χ4v) is 3.33. The predicted octanol–water partition coefficient (Wildman–Crippen LogP) is 2.71. The van der Waals surface area contributed by atoms with E-state index in [2.05, 4.69) is 17.3 Å². The maximum atomic E-state index is 12.8. The van der Waals surface area contributed by atoms with Gasteiger partial charge in [0.2, 0.25) is 12.3 Å². The van der Waals surface area contributed by atoms with E-state index in [9.17, 15) is 14.4 Å². The second-order valence-electron chi connectivity index (χ2n) is 6.85. The van der Waals surface area contributed by atoms with E-state index in [1.165, 1.54) is 29.5 Å². The van der Waals surface area contributed by atoms with Gasteiger partial charge in [-0.05, 0) is 54.1 Å². The van der Waals surface area contributed by atoms with Crippen molar-refractivity contribution < 1.29 is 14.4 Å². The second kappa shape index (κ2) is 12.9. The first-order valence-electron chi connectivity index (χ1n) is 10.1. The number of nitrogens with two attached hydrogens (primary N) is 2. The van der Waals surface area contributed by atoms with Crippen molar-refractivity contribution >= 4 is 47.6 Å². The zero-order valence-electron chi connectivity index (χ0n) is 18.5. The Hall–Kier alpha value is -3.85. The van der Waals surface area contributed by atoms with Crippen LogP contribution < -0.4 is 16.9 Å². The molecule has 0 aliphatic rings. The van der Waals surface area contributed by atoms with Crippen LogP contribution in [0.2, 0.25) is 0 Å². The van der Waals surface area contributed by atoms with E-state index in [1.807, 2.05) is 24.3 Å². The van der Waals surface area contributed by atoms with E-state index in [0.29, 0.717) is 22.6 Å². The molecule has 9 heteroatoms. The fraction of sp³-hybridized carbons (Fsp3) is 0.167. The first-order chi connectivity index (χ1) is 15.9. The van der Waals surface area contributed by atoms with Crippen molar-refractivity contribution in [2.45, 2.75) is 13.3 Å². The van der Waals surface area contributed by atoms with E-state index in [0.717, 1.165) is 16.9 Å². The van der Waals surface area contributed by atoms with Gasteiger partial charge in [-0.2, -0.15) is 5.10 Å². The Bertz CT molecular complexity index is 1060. The number of imide groups is 1. The van der Waals surface area contributed by atoms with Crippen molar-refractivity contribution in [2.75, 3.05) is 18.1 Å². The molecule has 0 fully saturated rings. The molecule has 2 aromatic carbocycles. The Balaban J connectivity index is 1.99. The Labute approximate surface area is 197 Å². The number of hydrogen-bond donors (Lipinski definition) is 3. The number of carbonyl (C=O) groups excluding carboxylic acids is 3. The lowest BCUT2D eigenvalue weighted by Gasteiger charge is -2.14. The summed E-state index contributed by atoms with van der Waals surface area (Å²) in [6, 6.07) is 14.5. The lowest BCUT2D eigenvalue weighted by Crippen LogP contribution is -2.30. The van der Waals surface area contributed by atoms with Gasteiger partial charge in [-0.15, -0.1) is 11.8 Å². The fourth-order valence-electron chi connectivity index (χ4n) is 2.78. The largest absolute Gasteiger partial charge is 0.382 e. The van der Waals surface area contributed by atoms with Gasteiger partial charge in [0.05, 0.1) is 4.91 Å². The summed E-state index contributed by atoms with van der Waals surface area (Å²) in [5.74, 6) is 4.48. The second-order valence-corrected chi connectivity index (χ2v) is 7.70. The average Bonchev–Trinajstić information content (AvgIpc) is 2.85. The number of thioether (sulfide) groups is 1. The zero-order valence-corrected chi connectivity index (χ0v) is 19.3. The van der Waals surface area contributed by atoms with Crippen LogP contribution in [-0.2, 0) is 20.8 Å². The molecular weight excluding hydrogens is 438 g/mol. The van der Waals surface area contributed by atoms with Gasteiger partial charge >= 0.3 is 0 Å². The number of benzene rings is 2. The predicted molar refractivity (Wildman–Crippen MR) is 134 cm³/mol. The van der Waals surface area contributed by atoms with Gasteiger partial charge in [0, 0.05) is 23.9 Å². The Morgan fingerprint density at radius 2 is 1.79 bits per heavy atom. The molecule has 8 nitrogen and oxygen atoms in total. The van der Waals surface area contributed by atoms with Gasteiger partial charge in [-0.3, -0.25) is 19.3 Å². The maximum Gasteiger partial charge on any atom is 0.266 e. The Morgan fingerprint density at radius 1 is 1.12 bits per heavy atom. The van der Waals surface area contributed by atoms with Crippen LogP contribution in [0.3, 0.4) is 0 Å². The van der Waals surface area contributed by atoms with Crippen LogP contribution >= 0.6 is 11.8 Å². The molecule has 0 saturated carbocycles. The molecule has 0 radical (unpaired) electrons. The zero-order chi connectivity index (χ0) is 24.2. The highest BCUT2D eigenvalue weighted by atomic mass is 32.2. The molecule has 0 heterocycles. The van der Waals surface area contributed by atoms with E-state index in [1.54, 1.807) is 36.6 Å². The number of amides is 3. The molecule has 3 amide bonds. The quantitative estimate of drug-likeness (QED) is 0.123. The summed E-state index contributed by atoms with van der Waals surface area (Å²) in [6.45, 7) is 2.03. The molecule has 0 atom stereocenters. The monoisotopic (exact) mass is 465 g/mol. The summed E-state index contributed by atoms with van der Waals surface area (Å²) < 4.78 is 0. The third-order valence-corrected chi connectivity index (χ3v) is 5.40. The summed E-state index contributed by atoms with van der Waals surface area (Å²) in [4.78, 5) is 37.8. The molecular formula is C24H27N5O3S. The van der Waals surface area contributed by atoms with Crippen molar-refractivity contribution in [3.63, 3.8) is 0 Å². The number of hydrogen-bond acceptors (Lipinski definition) is 6. The van der Waals surface area contributed by atoms with Crippen LogP contribution in [0.25, 0.3) is 6.08 Å². The minimum absolute atomic E-state index is 0.0368. The van der Waals surface area contributed by atoms with Crippen molar-refractivity contribution in [3.8, 4) is 0 Å². The van der Waals surface area contributed by atoms with Crippen LogP contribution in [-0.4, -0.2) is 41.8 Å². The standard InChI is InChI=1S/C24H27N5O3S/c1-3-17-6-8-18(9-7-17)15-21(33-2)24(32)29(16-30)14-4-5-22(31)27-20-12-10-19(11-13-20)23(25)28-26/h4-13,15-16H,3,14,26H2,1-2H3,(H2,25,28)(H,27,31)/b5-4+,21-15-. The van der Waals surface area contributed by atoms with E-state index >= 15 is 0 Å². The summed E-state index contributed by atoms with van der Waals surface area (Å²) in [5, 5.41) is 6.09. The summed E-state index contributed by atoms with van der Waals surface area (Å²) >= 11 is 1.26. The van der Waals surface area contributed by atoms with Gasteiger partial charge < -0.3 is 16.9 Å². The topological polar surface area (TPSA) is 131 Å². The van der Waals surface area contributed by atoms with Gasteiger partial charge in [-0.1, -0.05) is 37.3 Å². The van der Waals surface area contributed by atoms with E-state index in [-0.39, 0.29) is 12.4 Å². The minimum Gasteiger partial charge on any atom is -0.382 e. The van der Waals surface area contributed by atoms with Gasteiger partial charge in [-0.25, -0.2) is 0 Å². The molecule has 0 bridgehead atoms. The molecule has 0 spiro atoms. The normalized spacial score (nSPS) is 11.9. The van der Waals surface area contributed by atoms with Crippen molar-refractivity contribution in [1.82, 2.24) is 4.90 Å². The first kappa shape index (κ1) is 25.4. The van der Waals surface area contributed by atoms with E-state index < -0.39 is 11.8 Å². The van der Waals surface area contributed by atoms with Crippen LogP contribution in [0.1, 0.15) is 23.6 Å². The number of carbonyl (C=O) groups is 3.